The zero-order chi connectivity index (χ0) is 14.0. The fourth-order valence-corrected chi connectivity index (χ4v) is 2.06. The maximum absolute atomic E-state index is 12.2. The number of hydrogen-bond acceptors (Lipinski definition) is 3. The number of aromatic nitrogens is 1. The molecule has 2 rings (SSSR count). The average Bonchev–Trinajstić information content (AvgIpc) is 2.40. The second-order valence-corrected chi connectivity index (χ2v) is 4.63. The van der Waals surface area contributed by atoms with Gasteiger partial charge in [0, 0.05) is 36.7 Å². The Morgan fingerprint density at radius 3 is 2.89 bits per heavy atom. The van der Waals surface area contributed by atoms with Gasteiger partial charge in [-0.15, -0.1) is 0 Å². The number of nitrogens with one attached hydrogen (secondary N) is 1. The van der Waals surface area contributed by atoms with Gasteiger partial charge in [-0.2, -0.15) is 0 Å². The molecular formula is C13H14ClN3O2. The van der Waals surface area contributed by atoms with E-state index >= 15 is 0 Å². The third kappa shape index (κ3) is 2.62. The van der Waals surface area contributed by atoms with Crippen LogP contribution in [0.15, 0.2) is 29.2 Å². The van der Waals surface area contributed by atoms with Crippen molar-refractivity contribution in [2.24, 2.45) is 12.8 Å². The highest BCUT2D eigenvalue weighted by atomic mass is 35.5. The molecule has 1 aromatic heterocycles. The SMILES string of the molecule is Cn1cc(C(=O)NCCN)c(=O)c2ccc(Cl)cc21. The maximum atomic E-state index is 12.2. The number of benzene rings is 1. The van der Waals surface area contributed by atoms with Crippen LogP contribution in [0, 0.1) is 0 Å². The lowest BCUT2D eigenvalue weighted by molar-refractivity contribution is 0.0953. The quantitative estimate of drug-likeness (QED) is 0.876. The number of nitrogens with zero attached hydrogens (tertiary/aromatic N) is 1. The fourth-order valence-electron chi connectivity index (χ4n) is 1.90. The molecule has 0 atom stereocenters. The van der Waals surface area contributed by atoms with Gasteiger partial charge in [-0.1, -0.05) is 11.6 Å². The Balaban J connectivity index is 2.59. The molecule has 0 bridgehead atoms. The Morgan fingerprint density at radius 1 is 1.47 bits per heavy atom. The van der Waals surface area contributed by atoms with Crippen LogP contribution >= 0.6 is 11.6 Å². The second kappa shape index (κ2) is 5.42. The average molecular weight is 280 g/mol. The Labute approximate surface area is 115 Å². The molecule has 3 N–H and O–H groups in total. The van der Waals surface area contributed by atoms with Crippen LogP contribution in [0.4, 0.5) is 0 Å². The minimum absolute atomic E-state index is 0.103. The van der Waals surface area contributed by atoms with E-state index in [1.807, 2.05) is 0 Å². The Kier molecular flexibility index (Phi) is 3.87. The van der Waals surface area contributed by atoms with E-state index in [1.54, 1.807) is 29.8 Å². The summed E-state index contributed by atoms with van der Waals surface area (Å²) in [6.45, 7) is 0.663. The number of halogens is 1. The van der Waals surface area contributed by atoms with Crippen LogP contribution in [0.3, 0.4) is 0 Å². The number of pyridine rings is 1. The number of aryl methyl sites for hydroxylation is 1. The summed E-state index contributed by atoms with van der Waals surface area (Å²) in [7, 11) is 1.76. The van der Waals surface area contributed by atoms with E-state index in [-0.39, 0.29) is 11.0 Å². The number of nitrogens with two attached hydrogens (primary N) is 1. The zero-order valence-electron chi connectivity index (χ0n) is 10.4. The van der Waals surface area contributed by atoms with Gasteiger partial charge in [0.25, 0.3) is 5.91 Å². The van der Waals surface area contributed by atoms with Crippen molar-refractivity contribution in [1.82, 2.24) is 9.88 Å². The van der Waals surface area contributed by atoms with E-state index in [4.69, 9.17) is 17.3 Å². The van der Waals surface area contributed by atoms with E-state index in [1.165, 1.54) is 6.20 Å². The molecule has 1 amide bonds. The molecule has 0 saturated heterocycles. The van der Waals surface area contributed by atoms with Crippen LogP contribution in [0.2, 0.25) is 5.02 Å². The molecule has 0 aliphatic heterocycles. The maximum Gasteiger partial charge on any atom is 0.256 e. The van der Waals surface area contributed by atoms with Crippen LogP contribution in [0.5, 0.6) is 0 Å². The van der Waals surface area contributed by atoms with Crippen molar-refractivity contribution in [2.45, 2.75) is 0 Å². The molecule has 0 aliphatic rings. The first kappa shape index (κ1) is 13.6. The predicted octanol–water partition coefficient (Wildman–Crippen LogP) is 0.880. The highest BCUT2D eigenvalue weighted by Gasteiger charge is 2.14. The summed E-state index contributed by atoms with van der Waals surface area (Å²) in [4.78, 5) is 24.1. The van der Waals surface area contributed by atoms with Gasteiger partial charge in [-0.25, -0.2) is 0 Å². The van der Waals surface area contributed by atoms with Gasteiger partial charge in [0.2, 0.25) is 5.43 Å². The van der Waals surface area contributed by atoms with Crippen molar-refractivity contribution in [2.75, 3.05) is 13.1 Å². The van der Waals surface area contributed by atoms with Crippen molar-refractivity contribution in [3.05, 3.63) is 45.2 Å². The molecule has 1 heterocycles. The van der Waals surface area contributed by atoms with E-state index in [0.717, 1.165) is 0 Å². The summed E-state index contributed by atoms with van der Waals surface area (Å²) in [6, 6.07) is 4.95. The molecule has 0 aliphatic carbocycles. The fraction of sp³-hybridized carbons (Fsp3) is 0.231. The lowest BCUT2D eigenvalue weighted by Gasteiger charge is -2.09. The molecule has 6 heteroatoms. The summed E-state index contributed by atoms with van der Waals surface area (Å²) in [5, 5.41) is 3.60. The summed E-state index contributed by atoms with van der Waals surface area (Å²) in [5.41, 5.74) is 5.80. The Hall–Kier alpha value is -1.85. The lowest BCUT2D eigenvalue weighted by atomic mass is 10.1. The van der Waals surface area contributed by atoms with Gasteiger partial charge in [0.15, 0.2) is 0 Å². The van der Waals surface area contributed by atoms with Gasteiger partial charge in [-0.3, -0.25) is 9.59 Å². The van der Waals surface area contributed by atoms with E-state index in [2.05, 4.69) is 5.32 Å². The van der Waals surface area contributed by atoms with Crippen LogP contribution in [-0.4, -0.2) is 23.6 Å². The molecule has 5 nitrogen and oxygen atoms in total. The Morgan fingerprint density at radius 2 is 2.21 bits per heavy atom. The highest BCUT2D eigenvalue weighted by molar-refractivity contribution is 6.31. The normalized spacial score (nSPS) is 10.7. The first-order chi connectivity index (χ1) is 9.04. The summed E-state index contributed by atoms with van der Waals surface area (Å²) < 4.78 is 1.71. The van der Waals surface area contributed by atoms with Crippen LogP contribution in [-0.2, 0) is 7.05 Å². The molecule has 0 unspecified atom stereocenters. The summed E-state index contributed by atoms with van der Waals surface area (Å²) in [5.74, 6) is -0.414. The van der Waals surface area contributed by atoms with Crippen LogP contribution in [0.1, 0.15) is 10.4 Å². The van der Waals surface area contributed by atoms with Gasteiger partial charge < -0.3 is 15.6 Å². The standard InChI is InChI=1S/C13H14ClN3O2/c1-17-7-10(13(19)16-5-4-15)12(18)9-3-2-8(14)6-11(9)17/h2-3,6-7H,4-5,15H2,1H3,(H,16,19). The number of fused-ring (bicyclic) bond motifs is 1. The van der Waals surface area contributed by atoms with Gasteiger partial charge in [-0.05, 0) is 18.2 Å². The number of amides is 1. The van der Waals surface area contributed by atoms with E-state index in [0.29, 0.717) is 29.0 Å². The molecule has 1 aromatic carbocycles. The smallest absolute Gasteiger partial charge is 0.256 e. The Bertz CT molecular complexity index is 694. The third-order valence-electron chi connectivity index (χ3n) is 2.83. The second-order valence-electron chi connectivity index (χ2n) is 4.19. The molecule has 0 fully saturated rings. The van der Waals surface area contributed by atoms with E-state index < -0.39 is 5.91 Å². The minimum Gasteiger partial charge on any atom is -0.351 e. The van der Waals surface area contributed by atoms with Crippen molar-refractivity contribution in [3.63, 3.8) is 0 Å². The lowest BCUT2D eigenvalue weighted by Crippen LogP contribution is -2.33. The number of hydrogen-bond donors (Lipinski definition) is 2. The first-order valence-corrected chi connectivity index (χ1v) is 6.19. The van der Waals surface area contributed by atoms with Crippen LogP contribution in [0.25, 0.3) is 10.9 Å². The number of carbonyl (C=O) groups excluding carboxylic acids is 1. The molecule has 2 aromatic rings. The minimum atomic E-state index is -0.414. The molecular weight excluding hydrogens is 266 g/mol. The molecule has 19 heavy (non-hydrogen) atoms. The van der Waals surface area contributed by atoms with Gasteiger partial charge >= 0.3 is 0 Å². The van der Waals surface area contributed by atoms with Crippen molar-refractivity contribution < 1.29 is 4.79 Å². The highest BCUT2D eigenvalue weighted by Crippen LogP contribution is 2.16. The monoisotopic (exact) mass is 279 g/mol. The third-order valence-corrected chi connectivity index (χ3v) is 3.06. The van der Waals surface area contributed by atoms with Crippen molar-refractivity contribution in [1.29, 1.82) is 0 Å². The molecule has 0 saturated carbocycles. The molecule has 0 spiro atoms. The van der Waals surface area contributed by atoms with Crippen molar-refractivity contribution >= 4 is 28.4 Å². The topological polar surface area (TPSA) is 77.1 Å². The number of carbonyl (C=O) groups is 1. The molecule has 0 radical (unpaired) electrons. The van der Waals surface area contributed by atoms with Crippen molar-refractivity contribution in [3.8, 4) is 0 Å². The summed E-state index contributed by atoms with van der Waals surface area (Å²) in [6.07, 6.45) is 1.51. The predicted molar refractivity (Wildman–Crippen MR) is 75.6 cm³/mol. The van der Waals surface area contributed by atoms with Crippen LogP contribution < -0.4 is 16.5 Å². The largest absolute Gasteiger partial charge is 0.351 e. The first-order valence-electron chi connectivity index (χ1n) is 5.81. The van der Waals surface area contributed by atoms with Gasteiger partial charge in [0.05, 0.1) is 5.52 Å². The zero-order valence-corrected chi connectivity index (χ0v) is 11.2. The summed E-state index contributed by atoms with van der Waals surface area (Å²) >= 11 is 5.91. The van der Waals surface area contributed by atoms with Gasteiger partial charge in [0.1, 0.15) is 5.56 Å². The van der Waals surface area contributed by atoms with E-state index in [9.17, 15) is 9.59 Å². The molecule has 100 valence electrons. The number of rotatable bonds is 3.